The summed E-state index contributed by atoms with van der Waals surface area (Å²) in [5, 5.41) is 0. The summed E-state index contributed by atoms with van der Waals surface area (Å²) >= 11 is 0. The van der Waals surface area contributed by atoms with E-state index in [1.54, 1.807) is 0 Å². The summed E-state index contributed by atoms with van der Waals surface area (Å²) in [7, 11) is -8.27. The van der Waals surface area contributed by atoms with Gasteiger partial charge in [0.05, 0.1) is 0 Å². The molecular formula is C12H18N4O6S2. The quantitative estimate of drug-likeness (QED) is 0.242. The number of hydrazine groups is 2. The van der Waals surface area contributed by atoms with E-state index in [1.807, 2.05) is 12.1 Å². The van der Waals surface area contributed by atoms with Gasteiger partial charge in [-0.25, -0.2) is 0 Å². The lowest BCUT2D eigenvalue weighted by Gasteiger charge is -1.98. The summed E-state index contributed by atoms with van der Waals surface area (Å²) in [5.41, 5.74) is 2.55. The zero-order chi connectivity index (χ0) is 18.6. The van der Waals surface area contributed by atoms with E-state index in [9.17, 15) is 16.8 Å². The van der Waals surface area contributed by atoms with E-state index in [0.29, 0.717) is 0 Å². The van der Waals surface area contributed by atoms with Gasteiger partial charge in [-0.05, 0) is 11.1 Å². The van der Waals surface area contributed by atoms with Gasteiger partial charge in [0.1, 0.15) is 0 Å². The lowest BCUT2D eigenvalue weighted by atomic mass is 10.1. The van der Waals surface area contributed by atoms with E-state index in [4.69, 9.17) is 9.11 Å². The molecule has 0 unspecified atom stereocenters. The van der Waals surface area contributed by atoms with Gasteiger partial charge in [-0.1, -0.05) is 60.7 Å². The third-order valence-corrected chi connectivity index (χ3v) is 2.77. The maximum absolute atomic E-state index is 9.32. The Kier molecular flexibility index (Phi) is 9.94. The molecule has 134 valence electrons. The van der Waals surface area contributed by atoms with Crippen molar-refractivity contribution in [2.75, 3.05) is 0 Å². The molecule has 12 heteroatoms. The molecule has 0 bridgehead atoms. The molecular weight excluding hydrogens is 360 g/mol. The Balaban J connectivity index is 0.000000377. The Bertz CT molecular complexity index is 713. The number of hydrogen-bond donors (Lipinski definition) is 6. The zero-order valence-electron chi connectivity index (χ0n) is 12.3. The molecule has 0 aromatic heterocycles. The Hall–Kier alpha value is -1.90. The van der Waals surface area contributed by atoms with Crippen LogP contribution in [0.15, 0.2) is 60.7 Å². The van der Waals surface area contributed by atoms with Gasteiger partial charge in [-0.15, -0.1) is 9.66 Å². The van der Waals surface area contributed by atoms with E-state index in [2.05, 4.69) is 60.2 Å². The van der Waals surface area contributed by atoms with Crippen molar-refractivity contribution in [1.29, 1.82) is 0 Å². The first-order chi connectivity index (χ1) is 11.1. The van der Waals surface area contributed by atoms with Crippen molar-refractivity contribution >= 4 is 20.6 Å². The van der Waals surface area contributed by atoms with Crippen molar-refractivity contribution in [3.05, 3.63) is 60.7 Å². The molecule has 0 fully saturated rings. The molecule has 2 rings (SSSR count). The molecule has 8 N–H and O–H groups in total. The highest BCUT2D eigenvalue weighted by Crippen LogP contribution is 2.17. The van der Waals surface area contributed by atoms with Gasteiger partial charge < -0.3 is 0 Å². The second-order valence-corrected chi connectivity index (χ2v) is 6.29. The topological polar surface area (TPSA) is 185 Å². The van der Waals surface area contributed by atoms with Crippen molar-refractivity contribution in [3.63, 3.8) is 0 Å². The molecule has 0 aliphatic heterocycles. The lowest BCUT2D eigenvalue weighted by molar-refractivity contribution is 0.467. The first kappa shape index (κ1) is 22.1. The van der Waals surface area contributed by atoms with Crippen LogP contribution in [0.25, 0.3) is 11.1 Å². The largest absolute Gasteiger partial charge is 0.346 e. The van der Waals surface area contributed by atoms with Crippen molar-refractivity contribution in [2.45, 2.75) is 0 Å². The molecule has 0 spiro atoms. The maximum Gasteiger partial charge on any atom is 0.346 e. The molecule has 0 saturated heterocycles. The van der Waals surface area contributed by atoms with Crippen molar-refractivity contribution < 1.29 is 25.9 Å². The third kappa shape index (κ3) is 12.6. The van der Waals surface area contributed by atoms with Crippen LogP contribution in [0.4, 0.5) is 0 Å². The Labute approximate surface area is 140 Å². The van der Waals surface area contributed by atoms with E-state index in [-0.39, 0.29) is 0 Å². The summed E-state index contributed by atoms with van der Waals surface area (Å²) < 4.78 is 52.4. The SMILES string of the molecule is NNS(=O)(=O)O.NNS(=O)(=O)O.c1ccc(-c2ccccc2)cc1. The highest BCUT2D eigenvalue weighted by atomic mass is 32.2. The van der Waals surface area contributed by atoms with E-state index < -0.39 is 20.6 Å². The van der Waals surface area contributed by atoms with Crippen molar-refractivity contribution in [3.8, 4) is 11.1 Å². The summed E-state index contributed by atoms with van der Waals surface area (Å²) in [6, 6.07) is 20.8. The maximum atomic E-state index is 9.32. The fourth-order valence-electron chi connectivity index (χ4n) is 1.26. The van der Waals surface area contributed by atoms with Gasteiger partial charge in [0.25, 0.3) is 0 Å². The monoisotopic (exact) mass is 378 g/mol. The van der Waals surface area contributed by atoms with E-state index >= 15 is 0 Å². The summed E-state index contributed by atoms with van der Waals surface area (Å²) in [4.78, 5) is 2.26. The number of benzene rings is 2. The van der Waals surface area contributed by atoms with Crippen LogP contribution in [-0.2, 0) is 20.6 Å². The molecule has 0 amide bonds. The number of nitrogens with one attached hydrogen (secondary N) is 2. The standard InChI is InChI=1S/C12H10.2H4N2O3S/c1-3-7-11(8-4-1)12-9-5-2-6-10-12;2*1-2-6(3,4)5/h1-10H;2*2H,1H2,(H,3,4,5). The molecule has 0 heterocycles. The smallest absolute Gasteiger partial charge is 0.273 e. The fourth-order valence-corrected chi connectivity index (χ4v) is 1.26. The average Bonchev–Trinajstić information content (AvgIpc) is 2.56. The molecule has 2 aromatic rings. The van der Waals surface area contributed by atoms with Gasteiger partial charge in [0.15, 0.2) is 0 Å². The van der Waals surface area contributed by atoms with Crippen LogP contribution in [0.3, 0.4) is 0 Å². The minimum atomic E-state index is -4.13. The second kappa shape index (κ2) is 10.8. The second-order valence-electron chi connectivity index (χ2n) is 3.92. The molecule has 0 aliphatic carbocycles. The lowest BCUT2D eigenvalue weighted by Crippen LogP contribution is -2.29. The molecule has 0 aliphatic rings. The third-order valence-electron chi connectivity index (χ3n) is 2.18. The van der Waals surface area contributed by atoms with Crippen LogP contribution >= 0.6 is 0 Å². The Morgan fingerprint density at radius 2 is 0.833 bits per heavy atom. The predicted octanol–water partition coefficient (Wildman–Crippen LogP) is -0.141. The first-order valence-corrected chi connectivity index (χ1v) is 8.97. The summed E-state index contributed by atoms with van der Waals surface area (Å²) in [6.45, 7) is 0. The van der Waals surface area contributed by atoms with Crippen LogP contribution in [0.2, 0.25) is 0 Å². The molecule has 0 radical (unpaired) electrons. The fraction of sp³-hybridized carbons (Fsp3) is 0. The van der Waals surface area contributed by atoms with E-state index in [1.165, 1.54) is 11.1 Å². The van der Waals surface area contributed by atoms with Crippen LogP contribution < -0.4 is 21.3 Å². The Morgan fingerprint density at radius 3 is 1.00 bits per heavy atom. The van der Waals surface area contributed by atoms with Crippen molar-refractivity contribution in [2.24, 2.45) is 11.7 Å². The Morgan fingerprint density at radius 1 is 0.625 bits per heavy atom. The number of hydrogen-bond acceptors (Lipinski definition) is 6. The molecule has 0 atom stereocenters. The zero-order valence-corrected chi connectivity index (χ0v) is 13.9. The predicted molar refractivity (Wildman–Crippen MR) is 89.6 cm³/mol. The van der Waals surface area contributed by atoms with Crippen molar-refractivity contribution in [1.82, 2.24) is 9.66 Å². The highest BCUT2D eigenvalue weighted by Gasteiger charge is 1.93. The average molecular weight is 378 g/mol. The number of nitrogens with two attached hydrogens (primary N) is 2. The molecule has 2 aromatic carbocycles. The van der Waals surface area contributed by atoms with Gasteiger partial charge in [-0.3, -0.25) is 20.8 Å². The highest BCUT2D eigenvalue weighted by molar-refractivity contribution is 7.83. The van der Waals surface area contributed by atoms with Gasteiger partial charge in [0, 0.05) is 0 Å². The summed E-state index contributed by atoms with van der Waals surface area (Å²) in [5.74, 6) is 8.44. The van der Waals surface area contributed by atoms with Crippen LogP contribution in [-0.4, -0.2) is 25.9 Å². The number of rotatable bonds is 3. The minimum absolute atomic E-state index is 1.13. The van der Waals surface area contributed by atoms with Gasteiger partial charge in [-0.2, -0.15) is 16.8 Å². The van der Waals surface area contributed by atoms with Crippen LogP contribution in [0.1, 0.15) is 0 Å². The molecule has 24 heavy (non-hydrogen) atoms. The minimum Gasteiger partial charge on any atom is -0.273 e. The molecule has 0 saturated carbocycles. The first-order valence-electron chi connectivity index (χ1n) is 6.09. The molecule has 10 nitrogen and oxygen atoms in total. The summed E-state index contributed by atoms with van der Waals surface area (Å²) in [6.07, 6.45) is 0. The van der Waals surface area contributed by atoms with Crippen LogP contribution in [0.5, 0.6) is 0 Å². The normalized spacial score (nSPS) is 10.7. The van der Waals surface area contributed by atoms with E-state index in [0.717, 1.165) is 9.66 Å². The van der Waals surface area contributed by atoms with Gasteiger partial charge >= 0.3 is 20.6 Å². The van der Waals surface area contributed by atoms with Gasteiger partial charge in [0.2, 0.25) is 0 Å². The van der Waals surface area contributed by atoms with Crippen LogP contribution in [0, 0.1) is 0 Å².